The molecule has 2 rings (SSSR count). The fourth-order valence-electron chi connectivity index (χ4n) is 2.51. The van der Waals surface area contributed by atoms with Crippen LogP contribution in [0.15, 0.2) is 24.3 Å². The molecule has 1 aromatic carbocycles. The van der Waals surface area contributed by atoms with E-state index in [0.29, 0.717) is 18.4 Å². The lowest BCUT2D eigenvalue weighted by Crippen LogP contribution is -2.49. The number of rotatable bonds is 4. The molecule has 3 nitrogen and oxygen atoms in total. The zero-order chi connectivity index (χ0) is 14.8. The van der Waals surface area contributed by atoms with Crippen molar-refractivity contribution in [1.82, 2.24) is 5.32 Å². The van der Waals surface area contributed by atoms with E-state index in [-0.39, 0.29) is 19.1 Å². The lowest BCUT2D eigenvalue weighted by molar-refractivity contribution is -0.138. The van der Waals surface area contributed by atoms with Gasteiger partial charge < -0.3 is 10.4 Å². The first kappa shape index (κ1) is 14.8. The first-order valence-electron chi connectivity index (χ1n) is 6.47. The van der Waals surface area contributed by atoms with Crippen LogP contribution in [0.2, 0.25) is 0 Å². The quantitative estimate of drug-likeness (QED) is 0.892. The Bertz CT molecular complexity index is 495. The van der Waals surface area contributed by atoms with Crippen molar-refractivity contribution in [1.29, 1.82) is 0 Å². The van der Waals surface area contributed by atoms with Gasteiger partial charge in [0.2, 0.25) is 5.91 Å². The summed E-state index contributed by atoms with van der Waals surface area (Å²) in [5, 5.41) is 11.3. The van der Waals surface area contributed by atoms with E-state index in [1.54, 1.807) is 6.07 Å². The Balaban J connectivity index is 2.30. The monoisotopic (exact) mass is 287 g/mol. The molecule has 1 fully saturated rings. The van der Waals surface area contributed by atoms with E-state index in [9.17, 15) is 18.0 Å². The van der Waals surface area contributed by atoms with Crippen molar-refractivity contribution in [3.8, 4) is 0 Å². The Morgan fingerprint density at radius 1 is 1.35 bits per heavy atom. The number of hydrogen-bond acceptors (Lipinski definition) is 2. The number of carbonyl (C=O) groups excluding carboxylic acids is 1. The zero-order valence-electron chi connectivity index (χ0n) is 10.8. The molecule has 110 valence electrons. The van der Waals surface area contributed by atoms with E-state index in [1.807, 2.05) is 0 Å². The fraction of sp³-hybridized carbons (Fsp3) is 0.500. The molecule has 0 saturated heterocycles. The lowest BCUT2D eigenvalue weighted by Gasteiger charge is -2.41. The van der Waals surface area contributed by atoms with Crippen LogP contribution in [0.3, 0.4) is 0 Å². The summed E-state index contributed by atoms with van der Waals surface area (Å²) in [5.74, 6) is -0.308. The number of benzene rings is 1. The Kier molecular flexibility index (Phi) is 4.04. The van der Waals surface area contributed by atoms with E-state index in [4.69, 9.17) is 5.11 Å². The number of hydrogen-bond donors (Lipinski definition) is 2. The van der Waals surface area contributed by atoms with Crippen molar-refractivity contribution >= 4 is 5.91 Å². The second kappa shape index (κ2) is 5.44. The minimum Gasteiger partial charge on any atom is -0.395 e. The highest BCUT2D eigenvalue weighted by atomic mass is 19.4. The Labute approximate surface area is 114 Å². The van der Waals surface area contributed by atoms with E-state index in [2.05, 4.69) is 5.32 Å². The maximum atomic E-state index is 12.7. The number of alkyl halides is 3. The zero-order valence-corrected chi connectivity index (χ0v) is 10.8. The van der Waals surface area contributed by atoms with Crippen molar-refractivity contribution in [3.63, 3.8) is 0 Å². The van der Waals surface area contributed by atoms with Gasteiger partial charge in [-0.2, -0.15) is 13.2 Å². The molecule has 1 aromatic rings. The molecule has 1 aliphatic rings. The van der Waals surface area contributed by atoms with Gasteiger partial charge in [0, 0.05) is 6.54 Å². The number of halogens is 3. The number of aliphatic hydroxyl groups excluding tert-OH is 1. The van der Waals surface area contributed by atoms with Crippen molar-refractivity contribution < 1.29 is 23.1 Å². The minimum absolute atomic E-state index is 0.111. The minimum atomic E-state index is -4.41. The molecule has 1 aliphatic carbocycles. The second-order valence-electron chi connectivity index (χ2n) is 4.99. The standard InChI is InChI=1S/C14H16F3NO2/c15-14(16,17)11-4-1-3-10(9-11)13(5-2-6-13)12(20)18-7-8-19/h1,3-4,9,19H,2,5-8H2,(H,18,20). The molecule has 1 amide bonds. The highest BCUT2D eigenvalue weighted by Gasteiger charge is 2.46. The van der Waals surface area contributed by atoms with E-state index in [1.165, 1.54) is 6.07 Å². The van der Waals surface area contributed by atoms with Gasteiger partial charge in [-0.3, -0.25) is 4.79 Å². The van der Waals surface area contributed by atoms with Gasteiger partial charge in [-0.05, 0) is 24.5 Å². The van der Waals surface area contributed by atoms with E-state index >= 15 is 0 Å². The van der Waals surface area contributed by atoms with Crippen LogP contribution < -0.4 is 5.32 Å². The third-order valence-electron chi connectivity index (χ3n) is 3.78. The molecule has 0 spiro atoms. The number of nitrogens with one attached hydrogen (secondary N) is 1. The molecule has 0 radical (unpaired) electrons. The van der Waals surface area contributed by atoms with Gasteiger partial charge in [-0.25, -0.2) is 0 Å². The van der Waals surface area contributed by atoms with Crippen LogP contribution in [0, 0.1) is 0 Å². The summed E-state index contributed by atoms with van der Waals surface area (Å²) in [6, 6.07) is 4.95. The second-order valence-corrected chi connectivity index (χ2v) is 4.99. The van der Waals surface area contributed by atoms with Crippen molar-refractivity contribution in [2.45, 2.75) is 30.9 Å². The molecular formula is C14H16F3NO2. The number of carbonyl (C=O) groups is 1. The molecule has 0 bridgehead atoms. The summed E-state index contributed by atoms with van der Waals surface area (Å²) < 4.78 is 38.2. The normalized spacial score (nSPS) is 17.4. The highest BCUT2D eigenvalue weighted by Crippen LogP contribution is 2.45. The van der Waals surface area contributed by atoms with Crippen LogP contribution in [-0.4, -0.2) is 24.2 Å². The SMILES string of the molecule is O=C(NCCO)C1(c2cccc(C(F)(F)F)c2)CCC1. The first-order valence-corrected chi connectivity index (χ1v) is 6.47. The van der Waals surface area contributed by atoms with Gasteiger partial charge >= 0.3 is 6.18 Å². The average Bonchev–Trinajstić information content (AvgIpc) is 2.34. The topological polar surface area (TPSA) is 49.3 Å². The molecule has 0 atom stereocenters. The van der Waals surface area contributed by atoms with Crippen LogP contribution in [0.4, 0.5) is 13.2 Å². The molecule has 0 unspecified atom stereocenters. The molecule has 0 aromatic heterocycles. The average molecular weight is 287 g/mol. The largest absolute Gasteiger partial charge is 0.416 e. The molecule has 0 aliphatic heterocycles. The Morgan fingerprint density at radius 3 is 2.55 bits per heavy atom. The van der Waals surface area contributed by atoms with Gasteiger partial charge in [0.25, 0.3) is 0 Å². The Morgan fingerprint density at radius 2 is 2.05 bits per heavy atom. The smallest absolute Gasteiger partial charge is 0.395 e. The summed E-state index contributed by atoms with van der Waals surface area (Å²) in [4.78, 5) is 12.2. The van der Waals surface area contributed by atoms with E-state index in [0.717, 1.165) is 18.6 Å². The summed E-state index contributed by atoms with van der Waals surface area (Å²) in [7, 11) is 0. The van der Waals surface area contributed by atoms with Crippen molar-refractivity contribution in [3.05, 3.63) is 35.4 Å². The first-order chi connectivity index (χ1) is 9.40. The predicted molar refractivity (Wildman–Crippen MR) is 67.1 cm³/mol. The van der Waals surface area contributed by atoms with Crippen LogP contribution >= 0.6 is 0 Å². The molecule has 1 saturated carbocycles. The lowest BCUT2D eigenvalue weighted by atomic mass is 9.63. The molecule has 6 heteroatoms. The predicted octanol–water partition coefficient (Wildman–Crippen LogP) is 2.24. The van der Waals surface area contributed by atoms with Gasteiger partial charge in [-0.1, -0.05) is 24.6 Å². The van der Waals surface area contributed by atoms with Crippen molar-refractivity contribution in [2.24, 2.45) is 0 Å². The number of aliphatic hydroxyl groups is 1. The Hall–Kier alpha value is -1.56. The van der Waals surface area contributed by atoms with Gasteiger partial charge in [0.1, 0.15) is 0 Å². The summed E-state index contributed by atoms with van der Waals surface area (Å²) in [6.07, 6.45) is -2.54. The fourth-order valence-corrected chi connectivity index (χ4v) is 2.51. The highest BCUT2D eigenvalue weighted by molar-refractivity contribution is 5.89. The van der Waals surface area contributed by atoms with E-state index < -0.39 is 17.2 Å². The van der Waals surface area contributed by atoms with Crippen LogP contribution in [0.25, 0.3) is 0 Å². The maximum Gasteiger partial charge on any atom is 0.416 e. The van der Waals surface area contributed by atoms with Crippen LogP contribution in [0.5, 0.6) is 0 Å². The van der Waals surface area contributed by atoms with Gasteiger partial charge in [0.05, 0.1) is 17.6 Å². The third-order valence-corrected chi connectivity index (χ3v) is 3.78. The summed E-state index contributed by atoms with van der Waals surface area (Å²) >= 11 is 0. The van der Waals surface area contributed by atoms with Crippen molar-refractivity contribution in [2.75, 3.05) is 13.2 Å². The summed E-state index contributed by atoms with van der Waals surface area (Å²) in [6.45, 7) is -0.0794. The molecule has 2 N–H and O–H groups in total. The van der Waals surface area contributed by atoms with Gasteiger partial charge in [-0.15, -0.1) is 0 Å². The van der Waals surface area contributed by atoms with Crippen LogP contribution in [-0.2, 0) is 16.4 Å². The third kappa shape index (κ3) is 2.65. The number of amides is 1. The van der Waals surface area contributed by atoms with Crippen LogP contribution in [0.1, 0.15) is 30.4 Å². The molecular weight excluding hydrogens is 271 g/mol. The maximum absolute atomic E-state index is 12.7. The van der Waals surface area contributed by atoms with Gasteiger partial charge in [0.15, 0.2) is 0 Å². The molecule has 0 heterocycles. The molecule has 20 heavy (non-hydrogen) atoms. The summed E-state index contributed by atoms with van der Waals surface area (Å²) in [5.41, 5.74) is -1.22.